The molecule has 2 N–H and O–H groups in total. The zero-order chi connectivity index (χ0) is 15.9. The Balaban J connectivity index is 1.96. The van der Waals surface area contributed by atoms with Crippen molar-refractivity contribution in [3.05, 3.63) is 59.7 Å². The molecular formula is C19H24N2O. The number of carbonyl (C=O) groups is 1. The van der Waals surface area contributed by atoms with E-state index in [1.807, 2.05) is 38.1 Å². The fourth-order valence-corrected chi connectivity index (χ4v) is 2.16. The molecule has 0 saturated carbocycles. The van der Waals surface area contributed by atoms with Crippen molar-refractivity contribution in [2.45, 2.75) is 27.2 Å². The van der Waals surface area contributed by atoms with Crippen LogP contribution in [0.2, 0.25) is 0 Å². The van der Waals surface area contributed by atoms with E-state index in [0.717, 1.165) is 24.3 Å². The van der Waals surface area contributed by atoms with Crippen LogP contribution in [0.15, 0.2) is 48.5 Å². The molecule has 22 heavy (non-hydrogen) atoms. The molecule has 2 aromatic carbocycles. The van der Waals surface area contributed by atoms with Crippen molar-refractivity contribution in [3.63, 3.8) is 0 Å². The Morgan fingerprint density at radius 2 is 1.82 bits per heavy atom. The van der Waals surface area contributed by atoms with Crippen molar-refractivity contribution in [3.8, 4) is 0 Å². The third-order valence-corrected chi connectivity index (χ3v) is 3.60. The smallest absolute Gasteiger partial charge is 0.226 e. The lowest BCUT2D eigenvalue weighted by molar-refractivity contribution is -0.118. The lowest BCUT2D eigenvalue weighted by Gasteiger charge is -2.13. The van der Waals surface area contributed by atoms with Crippen LogP contribution >= 0.6 is 0 Å². The summed E-state index contributed by atoms with van der Waals surface area (Å²) in [7, 11) is 0. The molecule has 0 fully saturated rings. The summed E-state index contributed by atoms with van der Waals surface area (Å²) in [6.07, 6.45) is 0.975. The van der Waals surface area contributed by atoms with Crippen LogP contribution in [-0.2, 0) is 11.2 Å². The van der Waals surface area contributed by atoms with Crippen molar-refractivity contribution < 1.29 is 4.79 Å². The van der Waals surface area contributed by atoms with Crippen LogP contribution < -0.4 is 10.6 Å². The van der Waals surface area contributed by atoms with Crippen LogP contribution in [0, 0.1) is 12.8 Å². The van der Waals surface area contributed by atoms with E-state index in [4.69, 9.17) is 0 Å². The van der Waals surface area contributed by atoms with E-state index in [0.29, 0.717) is 0 Å². The predicted molar refractivity (Wildman–Crippen MR) is 93.3 cm³/mol. The number of anilines is 2. The predicted octanol–water partition coefficient (Wildman–Crippen LogP) is 4.24. The normalized spacial score (nSPS) is 10.5. The first-order chi connectivity index (χ1) is 10.6. The highest BCUT2D eigenvalue weighted by atomic mass is 16.1. The number of rotatable bonds is 6. The van der Waals surface area contributed by atoms with Crippen molar-refractivity contribution >= 4 is 17.3 Å². The second-order valence-corrected chi connectivity index (χ2v) is 5.84. The van der Waals surface area contributed by atoms with Crippen molar-refractivity contribution in [1.29, 1.82) is 0 Å². The molecule has 0 aliphatic heterocycles. The summed E-state index contributed by atoms with van der Waals surface area (Å²) in [6.45, 7) is 6.72. The highest BCUT2D eigenvalue weighted by Crippen LogP contribution is 2.21. The van der Waals surface area contributed by atoms with Crippen LogP contribution in [0.25, 0.3) is 0 Å². The Bertz CT molecular complexity index is 621. The monoisotopic (exact) mass is 296 g/mol. The molecule has 0 saturated heterocycles. The van der Waals surface area contributed by atoms with Crippen LogP contribution in [0.5, 0.6) is 0 Å². The van der Waals surface area contributed by atoms with Crippen LogP contribution in [0.4, 0.5) is 11.4 Å². The Hall–Kier alpha value is -2.29. The first kappa shape index (κ1) is 16.1. The summed E-state index contributed by atoms with van der Waals surface area (Å²) in [6, 6.07) is 16.4. The number of carbonyl (C=O) groups excluding carboxylic acids is 1. The molecule has 116 valence electrons. The molecule has 0 heterocycles. The van der Waals surface area contributed by atoms with E-state index in [1.54, 1.807) is 0 Å². The average Bonchev–Trinajstić information content (AvgIpc) is 2.51. The number of amides is 1. The summed E-state index contributed by atoms with van der Waals surface area (Å²) in [5.74, 6) is 0.0230. The SMILES string of the molecule is Cc1ccc(NC(=O)C(C)C)cc1NCCc1ccccc1. The minimum absolute atomic E-state index is 0.0178. The Labute approximate surface area is 132 Å². The molecule has 1 amide bonds. The molecular weight excluding hydrogens is 272 g/mol. The molecule has 2 rings (SSSR count). The molecule has 0 spiro atoms. The van der Waals surface area contributed by atoms with Gasteiger partial charge in [0.25, 0.3) is 0 Å². The summed E-state index contributed by atoms with van der Waals surface area (Å²) >= 11 is 0. The number of hydrogen-bond donors (Lipinski definition) is 2. The quantitative estimate of drug-likeness (QED) is 0.837. The number of hydrogen-bond acceptors (Lipinski definition) is 2. The van der Waals surface area contributed by atoms with Gasteiger partial charge in [-0.3, -0.25) is 4.79 Å². The molecule has 0 unspecified atom stereocenters. The Morgan fingerprint density at radius 3 is 2.50 bits per heavy atom. The molecule has 0 atom stereocenters. The molecule has 3 heteroatoms. The standard InChI is InChI=1S/C19H24N2O/c1-14(2)19(22)21-17-10-9-15(3)18(13-17)20-12-11-16-7-5-4-6-8-16/h4-10,13-14,20H,11-12H2,1-3H3,(H,21,22). The van der Waals surface area contributed by atoms with Gasteiger partial charge in [-0.25, -0.2) is 0 Å². The van der Waals surface area contributed by atoms with Gasteiger partial charge in [0.05, 0.1) is 0 Å². The topological polar surface area (TPSA) is 41.1 Å². The van der Waals surface area contributed by atoms with Gasteiger partial charge in [-0.1, -0.05) is 50.2 Å². The van der Waals surface area contributed by atoms with Crippen LogP contribution in [0.1, 0.15) is 25.0 Å². The molecule has 3 nitrogen and oxygen atoms in total. The van der Waals surface area contributed by atoms with E-state index < -0.39 is 0 Å². The number of benzene rings is 2. The van der Waals surface area contributed by atoms with E-state index in [9.17, 15) is 4.79 Å². The molecule has 0 aromatic heterocycles. The Morgan fingerprint density at radius 1 is 1.09 bits per heavy atom. The maximum absolute atomic E-state index is 11.8. The van der Waals surface area contributed by atoms with Gasteiger partial charge < -0.3 is 10.6 Å². The summed E-state index contributed by atoms with van der Waals surface area (Å²) < 4.78 is 0. The second-order valence-electron chi connectivity index (χ2n) is 5.84. The lowest BCUT2D eigenvalue weighted by Crippen LogP contribution is -2.18. The maximum atomic E-state index is 11.8. The molecule has 2 aromatic rings. The number of aryl methyl sites for hydroxylation is 1. The van der Waals surface area contributed by atoms with Crippen LogP contribution in [0.3, 0.4) is 0 Å². The van der Waals surface area contributed by atoms with E-state index in [-0.39, 0.29) is 11.8 Å². The average molecular weight is 296 g/mol. The van der Waals surface area contributed by atoms with E-state index in [2.05, 4.69) is 41.8 Å². The first-order valence-corrected chi connectivity index (χ1v) is 7.75. The van der Waals surface area contributed by atoms with Gasteiger partial charge in [0.1, 0.15) is 0 Å². The molecule has 0 bridgehead atoms. The molecule has 0 radical (unpaired) electrons. The summed E-state index contributed by atoms with van der Waals surface area (Å²) in [4.78, 5) is 11.8. The fraction of sp³-hybridized carbons (Fsp3) is 0.316. The molecule has 0 aliphatic rings. The largest absolute Gasteiger partial charge is 0.384 e. The van der Waals surface area contributed by atoms with Gasteiger partial charge in [-0.15, -0.1) is 0 Å². The van der Waals surface area contributed by atoms with Gasteiger partial charge in [-0.2, -0.15) is 0 Å². The lowest BCUT2D eigenvalue weighted by atomic mass is 10.1. The second kappa shape index (κ2) is 7.64. The fourth-order valence-electron chi connectivity index (χ4n) is 2.16. The van der Waals surface area contributed by atoms with Crippen molar-refractivity contribution in [1.82, 2.24) is 0 Å². The maximum Gasteiger partial charge on any atom is 0.226 e. The minimum Gasteiger partial charge on any atom is -0.384 e. The Kier molecular flexibility index (Phi) is 5.59. The first-order valence-electron chi connectivity index (χ1n) is 7.75. The number of nitrogens with one attached hydrogen (secondary N) is 2. The van der Waals surface area contributed by atoms with Gasteiger partial charge in [0.15, 0.2) is 0 Å². The zero-order valence-electron chi connectivity index (χ0n) is 13.5. The zero-order valence-corrected chi connectivity index (χ0v) is 13.5. The molecule has 0 aliphatic carbocycles. The third-order valence-electron chi connectivity index (χ3n) is 3.60. The van der Waals surface area contributed by atoms with Gasteiger partial charge in [-0.05, 0) is 36.6 Å². The third kappa shape index (κ3) is 4.62. The minimum atomic E-state index is -0.0178. The van der Waals surface area contributed by atoms with Crippen LogP contribution in [-0.4, -0.2) is 12.5 Å². The summed E-state index contributed by atoms with van der Waals surface area (Å²) in [5.41, 5.74) is 4.40. The van der Waals surface area contributed by atoms with Gasteiger partial charge >= 0.3 is 0 Å². The van der Waals surface area contributed by atoms with Crippen molar-refractivity contribution in [2.24, 2.45) is 5.92 Å². The van der Waals surface area contributed by atoms with Gasteiger partial charge in [0.2, 0.25) is 5.91 Å². The van der Waals surface area contributed by atoms with E-state index in [1.165, 1.54) is 11.1 Å². The highest BCUT2D eigenvalue weighted by Gasteiger charge is 2.08. The van der Waals surface area contributed by atoms with E-state index >= 15 is 0 Å². The summed E-state index contributed by atoms with van der Waals surface area (Å²) in [5, 5.41) is 6.39. The van der Waals surface area contributed by atoms with Gasteiger partial charge in [0, 0.05) is 23.8 Å². The van der Waals surface area contributed by atoms with Crippen molar-refractivity contribution in [2.75, 3.05) is 17.2 Å². The highest BCUT2D eigenvalue weighted by molar-refractivity contribution is 5.92.